The van der Waals surface area contributed by atoms with Crippen LogP contribution in [0.2, 0.25) is 0 Å². The molecule has 26 heavy (non-hydrogen) atoms. The van der Waals surface area contributed by atoms with E-state index < -0.39 is 0 Å². The van der Waals surface area contributed by atoms with Crippen molar-refractivity contribution in [2.45, 2.75) is 27.2 Å². The molecule has 0 spiro atoms. The van der Waals surface area contributed by atoms with Crippen molar-refractivity contribution >= 4 is 39.0 Å². The summed E-state index contributed by atoms with van der Waals surface area (Å²) >= 11 is 1.60. The Hall–Kier alpha value is -2.67. The van der Waals surface area contributed by atoms with Crippen molar-refractivity contribution in [2.75, 3.05) is 19.0 Å². The molecule has 0 aliphatic carbocycles. The fourth-order valence-corrected chi connectivity index (χ4v) is 3.66. The van der Waals surface area contributed by atoms with Crippen molar-refractivity contribution in [3.05, 3.63) is 40.5 Å². The highest BCUT2D eigenvalue weighted by molar-refractivity contribution is 7.18. The first-order chi connectivity index (χ1) is 12.5. The van der Waals surface area contributed by atoms with E-state index in [0.29, 0.717) is 18.2 Å². The zero-order chi connectivity index (χ0) is 18.7. The number of esters is 1. The first-order valence-electron chi connectivity index (χ1n) is 8.35. The van der Waals surface area contributed by atoms with Gasteiger partial charge in [-0.05, 0) is 50.6 Å². The molecule has 0 amide bonds. The Morgan fingerprint density at radius 2 is 1.92 bits per heavy atom. The fraction of sp³-hybridized carbons (Fsp3) is 0.316. The topological polar surface area (TPSA) is 73.3 Å². The van der Waals surface area contributed by atoms with Crippen LogP contribution in [0.25, 0.3) is 10.2 Å². The second-order valence-corrected chi connectivity index (χ2v) is 6.99. The predicted octanol–water partition coefficient (Wildman–Crippen LogP) is 4.17. The molecule has 0 radical (unpaired) electrons. The highest BCUT2D eigenvalue weighted by Gasteiger charge is 2.17. The number of carbonyl (C=O) groups is 1. The molecular formula is C19H21N3O3S. The molecule has 0 saturated heterocycles. The van der Waals surface area contributed by atoms with Gasteiger partial charge in [0.25, 0.3) is 0 Å². The normalized spacial score (nSPS) is 10.8. The van der Waals surface area contributed by atoms with Gasteiger partial charge >= 0.3 is 5.97 Å². The summed E-state index contributed by atoms with van der Waals surface area (Å²) in [5.74, 6) is 1.61. The van der Waals surface area contributed by atoms with Crippen LogP contribution in [-0.2, 0) is 16.0 Å². The average Bonchev–Trinajstić information content (AvgIpc) is 2.90. The first kappa shape index (κ1) is 18.1. The number of fused-ring (bicyclic) bond motifs is 1. The maximum Gasteiger partial charge on any atom is 0.313 e. The third kappa shape index (κ3) is 3.77. The van der Waals surface area contributed by atoms with Gasteiger partial charge < -0.3 is 14.8 Å². The number of aryl methyl sites for hydroxylation is 2. The minimum absolute atomic E-state index is 0.0526. The van der Waals surface area contributed by atoms with Gasteiger partial charge in [0.1, 0.15) is 28.6 Å². The summed E-state index contributed by atoms with van der Waals surface area (Å²) in [6, 6.07) is 7.61. The van der Waals surface area contributed by atoms with Crippen LogP contribution in [0.5, 0.6) is 5.75 Å². The minimum Gasteiger partial charge on any atom is -0.497 e. The van der Waals surface area contributed by atoms with Crippen molar-refractivity contribution in [1.29, 1.82) is 0 Å². The van der Waals surface area contributed by atoms with E-state index in [1.54, 1.807) is 25.4 Å². The molecule has 2 heterocycles. The van der Waals surface area contributed by atoms with Crippen LogP contribution in [0.1, 0.15) is 23.2 Å². The lowest BCUT2D eigenvalue weighted by atomic mass is 10.2. The molecule has 7 heteroatoms. The zero-order valence-corrected chi connectivity index (χ0v) is 16.1. The Labute approximate surface area is 156 Å². The Bertz CT molecular complexity index is 935. The van der Waals surface area contributed by atoms with E-state index in [-0.39, 0.29) is 12.4 Å². The number of anilines is 2. The summed E-state index contributed by atoms with van der Waals surface area (Å²) in [7, 11) is 1.63. The van der Waals surface area contributed by atoms with E-state index in [2.05, 4.69) is 29.1 Å². The van der Waals surface area contributed by atoms with Crippen LogP contribution in [0.15, 0.2) is 24.3 Å². The molecule has 0 bridgehead atoms. The minimum atomic E-state index is -0.327. The van der Waals surface area contributed by atoms with Gasteiger partial charge in [0.05, 0.1) is 19.1 Å². The molecule has 2 aromatic heterocycles. The molecule has 1 N–H and O–H groups in total. The molecule has 0 unspecified atom stereocenters. The summed E-state index contributed by atoms with van der Waals surface area (Å²) in [6.45, 7) is 6.24. The second kappa shape index (κ2) is 7.70. The van der Waals surface area contributed by atoms with Crippen LogP contribution in [0.4, 0.5) is 11.5 Å². The van der Waals surface area contributed by atoms with E-state index in [0.717, 1.165) is 27.2 Å². The maximum atomic E-state index is 11.8. The van der Waals surface area contributed by atoms with Crippen LogP contribution in [-0.4, -0.2) is 29.7 Å². The average molecular weight is 371 g/mol. The molecule has 0 saturated carbocycles. The quantitative estimate of drug-likeness (QED) is 0.656. The molecule has 0 fully saturated rings. The van der Waals surface area contributed by atoms with E-state index in [1.165, 1.54) is 4.88 Å². The van der Waals surface area contributed by atoms with Crippen molar-refractivity contribution in [3.8, 4) is 5.75 Å². The van der Waals surface area contributed by atoms with Gasteiger partial charge in [-0.25, -0.2) is 9.97 Å². The molecule has 1 aromatic carbocycles. The highest BCUT2D eigenvalue weighted by atomic mass is 32.1. The molecule has 0 atom stereocenters. The lowest BCUT2D eigenvalue weighted by Gasteiger charge is -2.10. The van der Waals surface area contributed by atoms with Gasteiger partial charge in [-0.3, -0.25) is 4.79 Å². The van der Waals surface area contributed by atoms with Gasteiger partial charge in [-0.15, -0.1) is 11.3 Å². The number of nitrogens with one attached hydrogen (secondary N) is 1. The molecular weight excluding hydrogens is 350 g/mol. The number of hydrogen-bond acceptors (Lipinski definition) is 7. The Morgan fingerprint density at radius 3 is 2.58 bits per heavy atom. The number of ether oxygens (including phenoxy) is 2. The van der Waals surface area contributed by atoms with Gasteiger partial charge in [-0.2, -0.15) is 0 Å². The van der Waals surface area contributed by atoms with Gasteiger partial charge in [0.15, 0.2) is 0 Å². The standard InChI is InChI=1S/C19H21N3O3S/c1-5-25-16(23)10-15-21-18(17-11(2)12(3)26-19(17)22-15)20-13-6-8-14(24-4)9-7-13/h6-9H,5,10H2,1-4H3,(H,20,21,22). The highest BCUT2D eigenvalue weighted by Crippen LogP contribution is 2.34. The number of thiophene rings is 1. The number of hydrogen-bond donors (Lipinski definition) is 1. The van der Waals surface area contributed by atoms with E-state index >= 15 is 0 Å². The Morgan fingerprint density at radius 1 is 1.19 bits per heavy atom. The van der Waals surface area contributed by atoms with Crippen molar-refractivity contribution < 1.29 is 14.3 Å². The Kier molecular flexibility index (Phi) is 5.37. The van der Waals surface area contributed by atoms with Gasteiger partial charge in [0.2, 0.25) is 0 Å². The van der Waals surface area contributed by atoms with E-state index in [9.17, 15) is 4.79 Å². The summed E-state index contributed by atoms with van der Waals surface area (Å²) in [4.78, 5) is 23.0. The number of rotatable bonds is 6. The lowest BCUT2D eigenvalue weighted by Crippen LogP contribution is -2.11. The fourth-order valence-electron chi connectivity index (χ4n) is 2.62. The largest absolute Gasteiger partial charge is 0.497 e. The summed E-state index contributed by atoms with van der Waals surface area (Å²) in [5, 5.41) is 4.33. The summed E-state index contributed by atoms with van der Waals surface area (Å²) in [6.07, 6.45) is 0.0526. The van der Waals surface area contributed by atoms with Gasteiger partial charge in [-0.1, -0.05) is 0 Å². The molecule has 136 valence electrons. The number of carbonyl (C=O) groups excluding carboxylic acids is 1. The van der Waals surface area contributed by atoms with Gasteiger partial charge in [0, 0.05) is 10.6 Å². The lowest BCUT2D eigenvalue weighted by molar-refractivity contribution is -0.142. The number of aromatic nitrogens is 2. The van der Waals surface area contributed by atoms with Crippen molar-refractivity contribution in [1.82, 2.24) is 9.97 Å². The van der Waals surface area contributed by atoms with Crippen LogP contribution in [0.3, 0.4) is 0 Å². The maximum absolute atomic E-state index is 11.8. The monoisotopic (exact) mass is 371 g/mol. The van der Waals surface area contributed by atoms with Crippen LogP contribution < -0.4 is 10.1 Å². The van der Waals surface area contributed by atoms with E-state index in [4.69, 9.17) is 9.47 Å². The van der Waals surface area contributed by atoms with Crippen LogP contribution >= 0.6 is 11.3 Å². The van der Waals surface area contributed by atoms with Crippen LogP contribution in [0, 0.1) is 13.8 Å². The molecule has 0 aliphatic rings. The second-order valence-electron chi connectivity index (χ2n) is 5.79. The third-order valence-corrected chi connectivity index (χ3v) is 5.14. The van der Waals surface area contributed by atoms with Crippen molar-refractivity contribution in [2.24, 2.45) is 0 Å². The third-order valence-electron chi connectivity index (χ3n) is 4.04. The number of benzene rings is 1. The zero-order valence-electron chi connectivity index (χ0n) is 15.3. The molecule has 6 nitrogen and oxygen atoms in total. The molecule has 3 rings (SSSR count). The van der Waals surface area contributed by atoms with Crippen molar-refractivity contribution in [3.63, 3.8) is 0 Å². The number of nitrogens with zero attached hydrogens (tertiary/aromatic N) is 2. The molecule has 3 aromatic rings. The Balaban J connectivity index is 2.01. The first-order valence-corrected chi connectivity index (χ1v) is 9.16. The number of methoxy groups -OCH3 is 1. The van der Waals surface area contributed by atoms with E-state index in [1.807, 2.05) is 24.3 Å². The predicted molar refractivity (Wildman–Crippen MR) is 104 cm³/mol. The SMILES string of the molecule is CCOC(=O)Cc1nc(Nc2ccc(OC)cc2)c2c(C)c(C)sc2n1. The smallest absolute Gasteiger partial charge is 0.313 e. The molecule has 0 aliphatic heterocycles. The summed E-state index contributed by atoms with van der Waals surface area (Å²) in [5.41, 5.74) is 2.03. The summed E-state index contributed by atoms with van der Waals surface area (Å²) < 4.78 is 10.2.